The molecule has 132 valence electrons. The summed E-state index contributed by atoms with van der Waals surface area (Å²) in [6.07, 6.45) is 0. The molecule has 0 unspecified atom stereocenters. The van der Waals surface area contributed by atoms with Crippen LogP contribution in [0.5, 0.6) is 0 Å². The molecule has 4 nitrogen and oxygen atoms in total. The van der Waals surface area contributed by atoms with Crippen molar-refractivity contribution in [1.29, 1.82) is 5.26 Å². The fourth-order valence-corrected chi connectivity index (χ4v) is 3.61. The van der Waals surface area contributed by atoms with E-state index in [0.29, 0.717) is 0 Å². The lowest BCUT2D eigenvalue weighted by Gasteiger charge is -2.29. The van der Waals surface area contributed by atoms with Crippen LogP contribution in [0.4, 0.5) is 15.8 Å². The van der Waals surface area contributed by atoms with Crippen molar-refractivity contribution in [3.05, 3.63) is 58.9 Å². The molecule has 6 heteroatoms. The summed E-state index contributed by atoms with van der Waals surface area (Å²) in [6.45, 7) is 7.01. The van der Waals surface area contributed by atoms with Gasteiger partial charge < -0.3 is 4.90 Å². The molecule has 2 aromatic carbocycles. The van der Waals surface area contributed by atoms with E-state index in [1.165, 1.54) is 24.0 Å². The summed E-state index contributed by atoms with van der Waals surface area (Å²) in [5, 5.41) is 9.28. The number of aryl methyl sites for hydroxylation is 1. The summed E-state index contributed by atoms with van der Waals surface area (Å²) in [7, 11) is 0. The maximum atomic E-state index is 14.9. The van der Waals surface area contributed by atoms with Crippen LogP contribution in [0.25, 0.3) is 0 Å². The number of rotatable bonds is 2. The van der Waals surface area contributed by atoms with Crippen molar-refractivity contribution in [2.75, 3.05) is 9.80 Å². The van der Waals surface area contributed by atoms with Crippen molar-refractivity contribution in [1.82, 2.24) is 0 Å². The van der Waals surface area contributed by atoms with Crippen molar-refractivity contribution >= 4 is 34.6 Å². The lowest BCUT2D eigenvalue weighted by atomic mass is 10.0. The van der Waals surface area contributed by atoms with Gasteiger partial charge in [-0.25, -0.2) is 4.39 Å². The van der Waals surface area contributed by atoms with Crippen LogP contribution < -0.4 is 9.80 Å². The van der Waals surface area contributed by atoms with Gasteiger partial charge in [0.25, 0.3) is 5.91 Å². The van der Waals surface area contributed by atoms with Crippen LogP contribution in [0.15, 0.2) is 36.4 Å². The van der Waals surface area contributed by atoms with Gasteiger partial charge in [0.05, 0.1) is 17.3 Å². The predicted octanol–water partition coefficient (Wildman–Crippen LogP) is 4.23. The minimum absolute atomic E-state index is 0.0687. The van der Waals surface area contributed by atoms with Crippen molar-refractivity contribution < 1.29 is 9.18 Å². The van der Waals surface area contributed by atoms with Crippen LogP contribution in [0.1, 0.15) is 30.5 Å². The number of carbonyl (C=O) groups excluding carboxylic acids is 1. The number of nitrogens with zero attached hydrogens (tertiary/aromatic N) is 3. The second-order valence-electron chi connectivity index (χ2n) is 6.84. The van der Waals surface area contributed by atoms with Gasteiger partial charge in [-0.15, -0.1) is 0 Å². The number of carbonyl (C=O) groups is 1. The molecule has 0 aliphatic carbocycles. The minimum atomic E-state index is -0.958. The van der Waals surface area contributed by atoms with Crippen LogP contribution in [-0.4, -0.2) is 16.6 Å². The Labute approximate surface area is 157 Å². The molecule has 0 N–H and O–H groups in total. The molecule has 0 bridgehead atoms. The number of hydrogen-bond donors (Lipinski definition) is 0. The second-order valence-corrected chi connectivity index (χ2v) is 7.20. The SMILES string of the molecule is Cc1ccc(N2C(=S)N(c3ccc(C#N)c(C)c3F)C(=O)C2(C)C)cc1. The van der Waals surface area contributed by atoms with Crippen LogP contribution in [0, 0.1) is 31.0 Å². The largest absolute Gasteiger partial charge is 0.304 e. The zero-order valence-corrected chi connectivity index (χ0v) is 15.8. The number of benzene rings is 2. The minimum Gasteiger partial charge on any atom is -0.304 e. The van der Waals surface area contributed by atoms with Gasteiger partial charge in [-0.3, -0.25) is 9.69 Å². The topological polar surface area (TPSA) is 47.3 Å². The van der Waals surface area contributed by atoms with Crippen molar-refractivity contribution in [3.8, 4) is 6.07 Å². The predicted molar refractivity (Wildman–Crippen MR) is 104 cm³/mol. The fraction of sp³-hybridized carbons (Fsp3) is 0.250. The molecule has 3 rings (SSSR count). The van der Waals surface area contributed by atoms with Gasteiger partial charge in [-0.2, -0.15) is 5.26 Å². The van der Waals surface area contributed by atoms with E-state index in [1.807, 2.05) is 37.3 Å². The third-order valence-corrected chi connectivity index (χ3v) is 5.05. The van der Waals surface area contributed by atoms with Gasteiger partial charge in [-0.1, -0.05) is 17.7 Å². The van der Waals surface area contributed by atoms with E-state index in [-0.39, 0.29) is 27.8 Å². The van der Waals surface area contributed by atoms with E-state index < -0.39 is 11.4 Å². The van der Waals surface area contributed by atoms with Gasteiger partial charge in [-0.05, 0) is 64.2 Å². The zero-order chi connectivity index (χ0) is 19.2. The maximum Gasteiger partial charge on any atom is 0.259 e. The molecule has 1 saturated heterocycles. The standard InChI is InChI=1S/C20H18FN3OS/c1-12-5-8-15(9-6-12)24-19(26)23(18(25)20(24,3)4)16-10-7-14(11-22)13(2)17(16)21/h5-10H,1-4H3. The highest BCUT2D eigenvalue weighted by molar-refractivity contribution is 7.81. The molecular weight excluding hydrogens is 349 g/mol. The van der Waals surface area contributed by atoms with E-state index in [9.17, 15) is 9.18 Å². The third kappa shape index (κ3) is 2.56. The summed E-state index contributed by atoms with van der Waals surface area (Å²) in [5.74, 6) is -0.924. The highest BCUT2D eigenvalue weighted by Crippen LogP contribution is 2.38. The Kier molecular flexibility index (Phi) is 4.29. The van der Waals surface area contributed by atoms with Crippen LogP contribution >= 0.6 is 12.2 Å². The van der Waals surface area contributed by atoms with Crippen LogP contribution in [0.2, 0.25) is 0 Å². The molecule has 0 saturated carbocycles. The number of halogens is 1. The smallest absolute Gasteiger partial charge is 0.259 e. The van der Waals surface area contributed by atoms with Gasteiger partial charge in [0.2, 0.25) is 0 Å². The molecule has 2 aromatic rings. The van der Waals surface area contributed by atoms with E-state index in [1.54, 1.807) is 18.7 Å². The highest BCUT2D eigenvalue weighted by atomic mass is 32.1. The molecule has 1 aliphatic rings. The van der Waals surface area contributed by atoms with E-state index in [0.717, 1.165) is 11.3 Å². The molecule has 0 radical (unpaired) electrons. The van der Waals surface area contributed by atoms with Crippen molar-refractivity contribution in [2.24, 2.45) is 0 Å². The Balaban J connectivity index is 2.13. The molecule has 1 heterocycles. The summed E-state index contributed by atoms with van der Waals surface area (Å²) in [5.41, 5.74) is 1.41. The lowest BCUT2D eigenvalue weighted by Crippen LogP contribution is -2.44. The molecule has 0 aromatic heterocycles. The first-order valence-corrected chi connectivity index (χ1v) is 8.55. The molecule has 26 heavy (non-hydrogen) atoms. The second kappa shape index (κ2) is 6.19. The normalized spacial score (nSPS) is 16.2. The molecular formula is C20H18FN3OS. The quantitative estimate of drug-likeness (QED) is 0.745. The van der Waals surface area contributed by atoms with Gasteiger partial charge >= 0.3 is 0 Å². The Bertz CT molecular complexity index is 960. The molecule has 1 fully saturated rings. The van der Waals surface area contributed by atoms with Gasteiger partial charge in [0.1, 0.15) is 5.54 Å². The van der Waals surface area contributed by atoms with Crippen molar-refractivity contribution in [2.45, 2.75) is 33.2 Å². The summed E-state index contributed by atoms with van der Waals surface area (Å²) in [6, 6.07) is 12.5. The number of anilines is 2. The zero-order valence-electron chi connectivity index (χ0n) is 15.0. The van der Waals surface area contributed by atoms with E-state index in [4.69, 9.17) is 17.5 Å². The Morgan fingerprint density at radius 3 is 2.31 bits per heavy atom. The third-order valence-electron chi connectivity index (χ3n) is 4.69. The molecule has 1 aliphatic heterocycles. The Hall–Kier alpha value is -2.78. The highest BCUT2D eigenvalue weighted by Gasteiger charge is 2.50. The lowest BCUT2D eigenvalue weighted by molar-refractivity contribution is -0.120. The Morgan fingerprint density at radius 2 is 1.73 bits per heavy atom. The van der Waals surface area contributed by atoms with E-state index >= 15 is 0 Å². The first-order chi connectivity index (χ1) is 12.2. The number of nitriles is 1. The monoisotopic (exact) mass is 367 g/mol. The van der Waals surface area contributed by atoms with Crippen molar-refractivity contribution in [3.63, 3.8) is 0 Å². The fourth-order valence-electron chi connectivity index (χ4n) is 3.10. The summed E-state index contributed by atoms with van der Waals surface area (Å²) in [4.78, 5) is 16.0. The maximum absolute atomic E-state index is 14.9. The number of amides is 1. The van der Waals surface area contributed by atoms with Gasteiger partial charge in [0.15, 0.2) is 10.9 Å². The molecule has 0 spiro atoms. The first kappa shape index (κ1) is 18.0. The Morgan fingerprint density at radius 1 is 1.12 bits per heavy atom. The molecule has 1 amide bonds. The van der Waals surface area contributed by atoms with Crippen LogP contribution in [-0.2, 0) is 4.79 Å². The van der Waals surface area contributed by atoms with E-state index in [2.05, 4.69) is 0 Å². The first-order valence-electron chi connectivity index (χ1n) is 8.14. The summed E-state index contributed by atoms with van der Waals surface area (Å²) >= 11 is 5.55. The average molecular weight is 367 g/mol. The average Bonchev–Trinajstić information content (AvgIpc) is 2.77. The number of hydrogen-bond acceptors (Lipinski definition) is 3. The molecule has 0 atom stereocenters. The number of thiocarbonyl (C=S) groups is 1. The van der Waals surface area contributed by atoms with Gasteiger partial charge in [0, 0.05) is 11.3 Å². The van der Waals surface area contributed by atoms with Crippen LogP contribution in [0.3, 0.4) is 0 Å². The summed E-state index contributed by atoms with van der Waals surface area (Å²) < 4.78 is 14.9.